The summed E-state index contributed by atoms with van der Waals surface area (Å²) in [6, 6.07) is 0.289. The van der Waals surface area contributed by atoms with Crippen molar-refractivity contribution in [1.29, 1.82) is 0 Å². The molecule has 1 atom stereocenters. The van der Waals surface area contributed by atoms with E-state index < -0.39 is 0 Å². The maximum atomic E-state index is 11.4. The van der Waals surface area contributed by atoms with Gasteiger partial charge in [-0.3, -0.25) is 4.79 Å². The number of hydrogen-bond donors (Lipinski definition) is 2. The fourth-order valence-corrected chi connectivity index (χ4v) is 5.57. The summed E-state index contributed by atoms with van der Waals surface area (Å²) in [5, 5.41) is 3.04. The van der Waals surface area contributed by atoms with Crippen LogP contribution in [0, 0.1) is 23.2 Å². The van der Waals surface area contributed by atoms with Gasteiger partial charge in [-0.05, 0) is 75.0 Å². The first-order valence-electron chi connectivity index (χ1n) is 7.58. The predicted molar refractivity (Wildman–Crippen MR) is 71.9 cm³/mol. The predicted octanol–water partition coefficient (Wildman–Crippen LogP) is 2.06. The number of amides is 1. The fourth-order valence-electron chi connectivity index (χ4n) is 5.57. The maximum absolute atomic E-state index is 11.4. The SMILES string of the molecule is CC(CC12CC3CC(CC(C3)C1)C2)NC(=O)CN. The molecular formula is C15H26N2O. The Kier molecular flexibility index (Phi) is 3.13. The van der Waals surface area contributed by atoms with Crippen molar-refractivity contribution in [2.24, 2.45) is 28.9 Å². The zero-order valence-electron chi connectivity index (χ0n) is 11.5. The highest BCUT2D eigenvalue weighted by molar-refractivity contribution is 5.77. The monoisotopic (exact) mass is 250 g/mol. The lowest BCUT2D eigenvalue weighted by atomic mass is 9.48. The molecule has 0 heterocycles. The van der Waals surface area contributed by atoms with Gasteiger partial charge in [0.25, 0.3) is 0 Å². The lowest BCUT2D eigenvalue weighted by Gasteiger charge is -2.57. The third-order valence-electron chi connectivity index (χ3n) is 5.50. The third kappa shape index (κ3) is 2.29. The van der Waals surface area contributed by atoms with Crippen LogP contribution in [0.4, 0.5) is 0 Å². The van der Waals surface area contributed by atoms with Crippen LogP contribution in [0.3, 0.4) is 0 Å². The fraction of sp³-hybridized carbons (Fsp3) is 0.933. The smallest absolute Gasteiger partial charge is 0.233 e. The van der Waals surface area contributed by atoms with Gasteiger partial charge in [0.2, 0.25) is 5.91 Å². The van der Waals surface area contributed by atoms with Crippen molar-refractivity contribution >= 4 is 5.91 Å². The Labute approximate surface area is 110 Å². The summed E-state index contributed by atoms with van der Waals surface area (Å²) in [5.41, 5.74) is 5.92. The molecule has 3 N–H and O–H groups in total. The molecule has 0 saturated heterocycles. The van der Waals surface area contributed by atoms with Crippen molar-refractivity contribution in [3.05, 3.63) is 0 Å². The van der Waals surface area contributed by atoms with Crippen molar-refractivity contribution in [3.63, 3.8) is 0 Å². The van der Waals surface area contributed by atoms with E-state index in [0.29, 0.717) is 5.41 Å². The van der Waals surface area contributed by atoms with Gasteiger partial charge in [0, 0.05) is 6.04 Å². The second-order valence-electron chi connectivity index (χ2n) is 7.29. The molecule has 18 heavy (non-hydrogen) atoms. The lowest BCUT2D eigenvalue weighted by molar-refractivity contribution is -0.121. The number of carbonyl (C=O) groups excluding carboxylic acids is 1. The highest BCUT2D eigenvalue weighted by Crippen LogP contribution is 2.61. The highest BCUT2D eigenvalue weighted by Gasteiger charge is 2.50. The van der Waals surface area contributed by atoms with Gasteiger partial charge in [-0.25, -0.2) is 0 Å². The van der Waals surface area contributed by atoms with Crippen LogP contribution in [-0.2, 0) is 4.79 Å². The van der Waals surface area contributed by atoms with Gasteiger partial charge in [0.15, 0.2) is 0 Å². The summed E-state index contributed by atoms with van der Waals surface area (Å²) >= 11 is 0. The van der Waals surface area contributed by atoms with Crippen LogP contribution in [0.15, 0.2) is 0 Å². The van der Waals surface area contributed by atoms with Crippen LogP contribution >= 0.6 is 0 Å². The van der Waals surface area contributed by atoms with E-state index >= 15 is 0 Å². The number of hydrogen-bond acceptors (Lipinski definition) is 2. The maximum Gasteiger partial charge on any atom is 0.233 e. The Balaban J connectivity index is 1.63. The molecule has 4 aliphatic rings. The zero-order valence-corrected chi connectivity index (χ0v) is 11.5. The average Bonchev–Trinajstić information content (AvgIpc) is 2.25. The van der Waals surface area contributed by atoms with Crippen LogP contribution in [0.2, 0.25) is 0 Å². The molecule has 1 unspecified atom stereocenters. The third-order valence-corrected chi connectivity index (χ3v) is 5.50. The van der Waals surface area contributed by atoms with Crippen molar-refractivity contribution in [1.82, 2.24) is 5.32 Å². The Morgan fingerprint density at radius 2 is 1.72 bits per heavy atom. The molecule has 0 radical (unpaired) electrons. The summed E-state index contributed by atoms with van der Waals surface area (Å²) < 4.78 is 0. The molecule has 3 heteroatoms. The van der Waals surface area contributed by atoms with Gasteiger partial charge in [0.05, 0.1) is 6.54 Å². The minimum Gasteiger partial charge on any atom is -0.353 e. The Hall–Kier alpha value is -0.570. The van der Waals surface area contributed by atoms with Crippen LogP contribution in [0.1, 0.15) is 51.9 Å². The molecule has 0 aliphatic heterocycles. The highest BCUT2D eigenvalue weighted by atomic mass is 16.1. The minimum atomic E-state index is -0.00720. The van der Waals surface area contributed by atoms with Gasteiger partial charge in [0.1, 0.15) is 0 Å². The second kappa shape index (κ2) is 4.52. The van der Waals surface area contributed by atoms with E-state index in [1.165, 1.54) is 44.9 Å². The van der Waals surface area contributed by atoms with Crippen molar-refractivity contribution in [2.75, 3.05) is 6.54 Å². The van der Waals surface area contributed by atoms with Gasteiger partial charge in [-0.2, -0.15) is 0 Å². The summed E-state index contributed by atoms with van der Waals surface area (Å²) in [6.07, 6.45) is 9.89. The minimum absolute atomic E-state index is 0.00720. The van der Waals surface area contributed by atoms with E-state index in [-0.39, 0.29) is 18.5 Å². The van der Waals surface area contributed by atoms with E-state index in [1.807, 2.05) is 0 Å². The Bertz CT molecular complexity index is 304. The van der Waals surface area contributed by atoms with Gasteiger partial charge < -0.3 is 11.1 Å². The Morgan fingerprint density at radius 3 is 2.17 bits per heavy atom. The standard InChI is InChI=1S/C15H26N2O/c1-10(17-14(18)9-16)5-15-6-11-2-12(7-15)4-13(3-11)8-15/h10-13H,2-9,16H2,1H3,(H,17,18). The van der Waals surface area contributed by atoms with Crippen LogP contribution in [-0.4, -0.2) is 18.5 Å². The normalized spacial score (nSPS) is 42.9. The van der Waals surface area contributed by atoms with Crippen LogP contribution in [0.25, 0.3) is 0 Å². The van der Waals surface area contributed by atoms with Crippen molar-refractivity contribution in [3.8, 4) is 0 Å². The molecule has 4 bridgehead atoms. The first-order valence-corrected chi connectivity index (χ1v) is 7.58. The van der Waals surface area contributed by atoms with E-state index in [9.17, 15) is 4.79 Å². The van der Waals surface area contributed by atoms with Gasteiger partial charge in [-0.1, -0.05) is 0 Å². The quantitative estimate of drug-likeness (QED) is 0.802. The first-order chi connectivity index (χ1) is 8.58. The van der Waals surface area contributed by atoms with Crippen molar-refractivity contribution < 1.29 is 4.79 Å². The largest absolute Gasteiger partial charge is 0.353 e. The number of nitrogens with one attached hydrogen (secondary N) is 1. The number of rotatable bonds is 4. The Morgan fingerprint density at radius 1 is 1.22 bits per heavy atom. The average molecular weight is 250 g/mol. The van der Waals surface area contributed by atoms with E-state index in [2.05, 4.69) is 12.2 Å². The molecule has 0 aromatic rings. The molecule has 0 spiro atoms. The van der Waals surface area contributed by atoms with Gasteiger partial charge in [-0.15, -0.1) is 0 Å². The molecule has 1 amide bonds. The summed E-state index contributed by atoms with van der Waals surface area (Å²) in [4.78, 5) is 11.4. The molecule has 0 aromatic heterocycles. The summed E-state index contributed by atoms with van der Waals surface area (Å²) in [6.45, 7) is 2.26. The van der Waals surface area contributed by atoms with Gasteiger partial charge >= 0.3 is 0 Å². The summed E-state index contributed by atoms with van der Waals surface area (Å²) in [7, 11) is 0. The topological polar surface area (TPSA) is 55.1 Å². The molecule has 4 fully saturated rings. The van der Waals surface area contributed by atoms with Crippen LogP contribution < -0.4 is 11.1 Å². The summed E-state index contributed by atoms with van der Waals surface area (Å²) in [5.74, 6) is 2.98. The lowest BCUT2D eigenvalue weighted by Crippen LogP contribution is -2.49. The number of nitrogens with two attached hydrogens (primary N) is 1. The molecular weight excluding hydrogens is 224 g/mol. The van der Waals surface area contributed by atoms with E-state index in [1.54, 1.807) is 0 Å². The second-order valence-corrected chi connectivity index (χ2v) is 7.29. The molecule has 3 nitrogen and oxygen atoms in total. The van der Waals surface area contributed by atoms with Crippen LogP contribution in [0.5, 0.6) is 0 Å². The molecule has 4 rings (SSSR count). The first kappa shape index (κ1) is 12.5. The molecule has 4 saturated carbocycles. The number of carbonyl (C=O) groups is 1. The zero-order chi connectivity index (χ0) is 12.8. The van der Waals surface area contributed by atoms with E-state index in [4.69, 9.17) is 5.73 Å². The van der Waals surface area contributed by atoms with E-state index in [0.717, 1.165) is 17.8 Å². The van der Waals surface area contributed by atoms with Crippen molar-refractivity contribution in [2.45, 2.75) is 57.9 Å². The molecule has 0 aromatic carbocycles. The molecule has 102 valence electrons. The molecule has 4 aliphatic carbocycles.